The maximum absolute atomic E-state index is 12.9. The second-order valence-corrected chi connectivity index (χ2v) is 3.64. The van der Waals surface area contributed by atoms with E-state index in [9.17, 15) is 18.0 Å². The van der Waals surface area contributed by atoms with Gasteiger partial charge in [0, 0.05) is 0 Å². The van der Waals surface area contributed by atoms with Gasteiger partial charge in [0.05, 0.1) is 11.1 Å². The summed E-state index contributed by atoms with van der Waals surface area (Å²) in [4.78, 5) is 10.9. The first kappa shape index (κ1) is 13.5. The highest BCUT2D eigenvalue weighted by Gasteiger charge is 2.36. The van der Waals surface area contributed by atoms with Gasteiger partial charge in [-0.3, -0.25) is 0 Å². The van der Waals surface area contributed by atoms with Crippen molar-refractivity contribution >= 4 is 5.97 Å². The van der Waals surface area contributed by atoms with E-state index in [1.54, 1.807) is 6.92 Å². The minimum absolute atomic E-state index is 0.0459. The van der Waals surface area contributed by atoms with Crippen LogP contribution in [0.25, 0.3) is 0 Å². The van der Waals surface area contributed by atoms with Crippen molar-refractivity contribution < 1.29 is 23.1 Å². The number of hydrogen-bond donors (Lipinski definition) is 1. The van der Waals surface area contributed by atoms with E-state index in [0.717, 1.165) is 0 Å². The van der Waals surface area contributed by atoms with Gasteiger partial charge in [0.1, 0.15) is 0 Å². The van der Waals surface area contributed by atoms with Crippen molar-refractivity contribution in [3.63, 3.8) is 0 Å². The number of hydrogen-bond acceptors (Lipinski definition) is 1. The molecule has 0 aliphatic rings. The number of carbonyl (C=O) groups is 1. The van der Waals surface area contributed by atoms with Crippen molar-refractivity contribution in [2.45, 2.75) is 32.9 Å². The normalized spacial score (nSPS) is 11.6. The first-order valence-corrected chi connectivity index (χ1v) is 5.28. The molecule has 94 valence electrons. The zero-order chi connectivity index (χ0) is 13.2. The first-order chi connectivity index (χ1) is 7.82. The summed E-state index contributed by atoms with van der Waals surface area (Å²) in [7, 11) is 0. The highest BCUT2D eigenvalue weighted by Crippen LogP contribution is 2.36. The topological polar surface area (TPSA) is 37.3 Å². The Balaban J connectivity index is 3.61. The zero-order valence-electron chi connectivity index (χ0n) is 9.56. The second kappa shape index (κ2) is 4.77. The number of alkyl halides is 3. The Kier molecular flexibility index (Phi) is 3.80. The lowest BCUT2D eigenvalue weighted by atomic mass is 9.92. The summed E-state index contributed by atoms with van der Waals surface area (Å²) >= 11 is 0. The molecule has 0 heterocycles. The second-order valence-electron chi connectivity index (χ2n) is 3.64. The number of benzene rings is 1. The van der Waals surface area contributed by atoms with Crippen LogP contribution < -0.4 is 0 Å². The smallest absolute Gasteiger partial charge is 0.416 e. The van der Waals surface area contributed by atoms with E-state index in [1.807, 2.05) is 0 Å². The molecular weight excluding hydrogens is 233 g/mol. The summed E-state index contributed by atoms with van der Waals surface area (Å²) in [5.41, 5.74) is -1.05. The molecule has 0 spiro atoms. The Morgan fingerprint density at radius 3 is 2.18 bits per heavy atom. The summed E-state index contributed by atoms with van der Waals surface area (Å²) in [6.07, 6.45) is -4.24. The first-order valence-electron chi connectivity index (χ1n) is 5.28. The highest BCUT2D eigenvalue weighted by molar-refractivity contribution is 5.90. The SMILES string of the molecule is CCc1ccc(C(=O)O)c(CC)c1C(F)(F)F. The van der Waals surface area contributed by atoms with Crippen LogP contribution in [-0.4, -0.2) is 11.1 Å². The number of aryl methyl sites for hydroxylation is 1. The van der Waals surface area contributed by atoms with Crippen LogP contribution in [-0.2, 0) is 19.0 Å². The van der Waals surface area contributed by atoms with E-state index in [4.69, 9.17) is 5.11 Å². The van der Waals surface area contributed by atoms with Crippen molar-refractivity contribution in [1.82, 2.24) is 0 Å². The number of halogens is 3. The van der Waals surface area contributed by atoms with E-state index < -0.39 is 17.7 Å². The predicted octanol–water partition coefficient (Wildman–Crippen LogP) is 3.53. The van der Waals surface area contributed by atoms with E-state index in [-0.39, 0.29) is 29.5 Å². The predicted molar refractivity (Wildman–Crippen MR) is 57.2 cm³/mol. The van der Waals surface area contributed by atoms with Crippen molar-refractivity contribution in [3.8, 4) is 0 Å². The molecule has 17 heavy (non-hydrogen) atoms. The van der Waals surface area contributed by atoms with Crippen molar-refractivity contribution in [2.75, 3.05) is 0 Å². The van der Waals surface area contributed by atoms with Gasteiger partial charge < -0.3 is 5.11 Å². The number of carboxylic acid groups (broad SMARTS) is 1. The Labute approximate surface area is 97.1 Å². The van der Waals surface area contributed by atoms with Gasteiger partial charge in [-0.05, 0) is 30.0 Å². The molecule has 0 radical (unpaired) electrons. The van der Waals surface area contributed by atoms with Crippen LogP contribution in [0.2, 0.25) is 0 Å². The molecule has 0 saturated heterocycles. The monoisotopic (exact) mass is 246 g/mol. The van der Waals surface area contributed by atoms with Crippen LogP contribution in [0.4, 0.5) is 13.2 Å². The maximum Gasteiger partial charge on any atom is 0.416 e. The lowest BCUT2D eigenvalue weighted by Gasteiger charge is -2.17. The minimum atomic E-state index is -4.51. The minimum Gasteiger partial charge on any atom is -0.478 e. The fraction of sp³-hybridized carbons (Fsp3) is 0.417. The third-order valence-electron chi connectivity index (χ3n) is 2.65. The third kappa shape index (κ3) is 2.60. The van der Waals surface area contributed by atoms with Crippen molar-refractivity contribution in [2.24, 2.45) is 0 Å². The average Bonchev–Trinajstić information content (AvgIpc) is 2.25. The lowest BCUT2D eigenvalue weighted by molar-refractivity contribution is -0.138. The summed E-state index contributed by atoms with van der Waals surface area (Å²) in [5.74, 6) is -1.32. The molecule has 2 nitrogen and oxygen atoms in total. The van der Waals surface area contributed by atoms with Gasteiger partial charge in [0.2, 0.25) is 0 Å². The Morgan fingerprint density at radius 1 is 1.24 bits per heavy atom. The molecular formula is C12H13F3O2. The summed E-state index contributed by atoms with van der Waals surface area (Å²) < 4.78 is 38.8. The maximum atomic E-state index is 12.9. The summed E-state index contributed by atoms with van der Waals surface area (Å²) in [6, 6.07) is 2.49. The molecule has 0 amide bonds. The molecule has 1 rings (SSSR count). The number of rotatable bonds is 3. The van der Waals surface area contributed by atoms with Crippen molar-refractivity contribution in [1.29, 1.82) is 0 Å². The van der Waals surface area contributed by atoms with Crippen LogP contribution in [0, 0.1) is 0 Å². The molecule has 1 aromatic rings. The third-order valence-corrected chi connectivity index (χ3v) is 2.65. The van der Waals surface area contributed by atoms with Gasteiger partial charge in [0.25, 0.3) is 0 Å². The van der Waals surface area contributed by atoms with Crippen molar-refractivity contribution in [3.05, 3.63) is 34.4 Å². The molecule has 0 saturated carbocycles. The standard InChI is InChI=1S/C12H13F3O2/c1-3-7-5-6-9(11(16)17)8(4-2)10(7)12(13,14)15/h5-6H,3-4H2,1-2H3,(H,16,17). The summed E-state index contributed by atoms with van der Waals surface area (Å²) in [6.45, 7) is 3.14. The number of carboxylic acids is 1. The van der Waals surface area contributed by atoms with Gasteiger partial charge in [0.15, 0.2) is 0 Å². The van der Waals surface area contributed by atoms with Crippen LogP contribution in [0.5, 0.6) is 0 Å². The van der Waals surface area contributed by atoms with Crippen LogP contribution in [0.1, 0.15) is 40.9 Å². The quantitative estimate of drug-likeness (QED) is 0.885. The van der Waals surface area contributed by atoms with Gasteiger partial charge in [-0.15, -0.1) is 0 Å². The Bertz CT molecular complexity index is 436. The van der Waals surface area contributed by atoms with E-state index in [0.29, 0.717) is 0 Å². The Morgan fingerprint density at radius 2 is 1.82 bits per heavy atom. The molecule has 0 fully saturated rings. The molecule has 0 atom stereocenters. The van der Waals surface area contributed by atoms with E-state index >= 15 is 0 Å². The van der Waals surface area contributed by atoms with Gasteiger partial charge in [-0.25, -0.2) is 4.79 Å². The molecule has 0 bridgehead atoms. The molecule has 0 unspecified atom stereocenters. The molecule has 5 heteroatoms. The molecule has 0 aromatic heterocycles. The fourth-order valence-electron chi connectivity index (χ4n) is 1.91. The van der Waals surface area contributed by atoms with Crippen LogP contribution in [0.3, 0.4) is 0 Å². The van der Waals surface area contributed by atoms with Gasteiger partial charge in [-0.2, -0.15) is 13.2 Å². The zero-order valence-corrected chi connectivity index (χ0v) is 9.56. The largest absolute Gasteiger partial charge is 0.478 e. The fourth-order valence-corrected chi connectivity index (χ4v) is 1.91. The highest BCUT2D eigenvalue weighted by atomic mass is 19.4. The lowest BCUT2D eigenvalue weighted by Crippen LogP contribution is -2.16. The van der Waals surface area contributed by atoms with Crippen LogP contribution in [0.15, 0.2) is 12.1 Å². The average molecular weight is 246 g/mol. The summed E-state index contributed by atoms with van der Waals surface area (Å²) in [5, 5.41) is 8.88. The van der Waals surface area contributed by atoms with E-state index in [1.165, 1.54) is 19.1 Å². The number of aromatic carboxylic acids is 1. The molecule has 1 aromatic carbocycles. The molecule has 1 N–H and O–H groups in total. The van der Waals surface area contributed by atoms with Crippen LogP contribution >= 0.6 is 0 Å². The van der Waals surface area contributed by atoms with E-state index in [2.05, 4.69) is 0 Å². The van der Waals surface area contributed by atoms with Gasteiger partial charge in [-0.1, -0.05) is 19.9 Å². The molecule has 0 aliphatic carbocycles. The van der Waals surface area contributed by atoms with Gasteiger partial charge >= 0.3 is 12.1 Å². The Hall–Kier alpha value is -1.52. The molecule has 0 aliphatic heterocycles.